The number of hydrogen-bond acceptors (Lipinski definition) is 4. The minimum Gasteiger partial charge on any atom is -0.489 e. The quantitative estimate of drug-likeness (QED) is 0.907. The van der Waals surface area contributed by atoms with Crippen LogP contribution in [0.1, 0.15) is 39.4 Å². The fourth-order valence-corrected chi connectivity index (χ4v) is 2.38. The van der Waals surface area contributed by atoms with Gasteiger partial charge in [0.2, 0.25) is 0 Å². The van der Waals surface area contributed by atoms with Crippen LogP contribution in [0.3, 0.4) is 0 Å². The maximum absolute atomic E-state index is 13.7. The molecule has 4 nitrogen and oxygen atoms in total. The Bertz CT molecular complexity index is 559. The van der Waals surface area contributed by atoms with E-state index in [0.29, 0.717) is 5.56 Å². The van der Waals surface area contributed by atoms with E-state index in [0.717, 1.165) is 0 Å². The Kier molecular flexibility index (Phi) is 5.15. The zero-order valence-electron chi connectivity index (χ0n) is 12.2. The van der Waals surface area contributed by atoms with Gasteiger partial charge in [0.25, 0.3) is 0 Å². The van der Waals surface area contributed by atoms with Gasteiger partial charge in [0.15, 0.2) is 21.4 Å². The van der Waals surface area contributed by atoms with Gasteiger partial charge in [-0.2, -0.15) is 0 Å². The Morgan fingerprint density at radius 2 is 1.95 bits per heavy atom. The summed E-state index contributed by atoms with van der Waals surface area (Å²) in [6.07, 6.45) is -0.764. The van der Waals surface area contributed by atoms with Gasteiger partial charge in [-0.05, 0) is 45.4 Å². The van der Waals surface area contributed by atoms with Crippen molar-refractivity contribution >= 4 is 9.84 Å². The summed E-state index contributed by atoms with van der Waals surface area (Å²) in [6, 6.07) is 4.11. The van der Waals surface area contributed by atoms with Crippen LogP contribution in [-0.4, -0.2) is 30.6 Å². The van der Waals surface area contributed by atoms with Crippen molar-refractivity contribution in [3.8, 4) is 5.75 Å². The van der Waals surface area contributed by atoms with Gasteiger partial charge >= 0.3 is 0 Å². The van der Waals surface area contributed by atoms with Crippen LogP contribution in [0.25, 0.3) is 0 Å². The van der Waals surface area contributed by atoms with Gasteiger partial charge in [-0.1, -0.05) is 6.07 Å². The molecule has 0 fully saturated rings. The second-order valence-electron chi connectivity index (χ2n) is 5.65. The van der Waals surface area contributed by atoms with E-state index < -0.39 is 26.5 Å². The molecule has 0 radical (unpaired) electrons. The highest BCUT2D eigenvalue weighted by atomic mass is 32.2. The summed E-state index contributed by atoms with van der Waals surface area (Å²) >= 11 is 0. The molecule has 0 aliphatic carbocycles. The van der Waals surface area contributed by atoms with Gasteiger partial charge < -0.3 is 9.84 Å². The van der Waals surface area contributed by atoms with Gasteiger partial charge in [0.05, 0.1) is 16.6 Å². The van der Waals surface area contributed by atoms with Crippen molar-refractivity contribution in [2.75, 3.05) is 12.4 Å². The lowest BCUT2D eigenvalue weighted by Crippen LogP contribution is -2.32. The molecule has 1 N–H and O–H groups in total. The second-order valence-corrected chi connectivity index (χ2v) is 8.51. The van der Waals surface area contributed by atoms with Crippen LogP contribution in [0, 0.1) is 5.82 Å². The number of benzene rings is 1. The molecule has 20 heavy (non-hydrogen) atoms. The van der Waals surface area contributed by atoms with Crippen LogP contribution in [-0.2, 0) is 9.84 Å². The summed E-state index contributed by atoms with van der Waals surface area (Å²) in [5, 5.41) is 9.32. The Labute approximate surface area is 119 Å². The molecule has 1 aromatic carbocycles. The van der Waals surface area contributed by atoms with E-state index >= 15 is 0 Å². The minimum atomic E-state index is -3.29. The smallest absolute Gasteiger partial charge is 0.165 e. The lowest BCUT2D eigenvalue weighted by Gasteiger charge is -2.19. The Morgan fingerprint density at radius 1 is 1.35 bits per heavy atom. The van der Waals surface area contributed by atoms with Crippen LogP contribution in [0.2, 0.25) is 0 Å². The van der Waals surface area contributed by atoms with Gasteiger partial charge in [-0.25, -0.2) is 12.8 Å². The van der Waals surface area contributed by atoms with Gasteiger partial charge in [-0.3, -0.25) is 0 Å². The van der Waals surface area contributed by atoms with E-state index in [1.807, 2.05) is 0 Å². The second kappa shape index (κ2) is 6.10. The maximum Gasteiger partial charge on any atom is 0.165 e. The van der Waals surface area contributed by atoms with Crippen LogP contribution < -0.4 is 4.74 Å². The number of sulfone groups is 1. The Balaban J connectivity index is 2.68. The van der Waals surface area contributed by atoms with Crippen molar-refractivity contribution in [2.24, 2.45) is 0 Å². The number of halogens is 1. The predicted octanol–water partition coefficient (Wildman–Crippen LogP) is 2.47. The molecule has 0 aliphatic heterocycles. The largest absolute Gasteiger partial charge is 0.489 e. The highest BCUT2D eigenvalue weighted by Gasteiger charge is 2.28. The SMILES string of the molecule is C[C@H](O)c1ccc(OCCS(=O)(=O)C(C)(C)C)c(F)c1. The van der Waals surface area contributed by atoms with Crippen molar-refractivity contribution in [3.63, 3.8) is 0 Å². The molecule has 6 heteroatoms. The Morgan fingerprint density at radius 3 is 2.40 bits per heavy atom. The van der Waals surface area contributed by atoms with E-state index in [2.05, 4.69) is 0 Å². The fraction of sp³-hybridized carbons (Fsp3) is 0.571. The monoisotopic (exact) mass is 304 g/mol. The molecule has 1 aromatic rings. The molecular formula is C14H21FO4S. The zero-order valence-corrected chi connectivity index (χ0v) is 13.0. The minimum absolute atomic E-state index is 0.0153. The summed E-state index contributed by atoms with van der Waals surface area (Å²) in [4.78, 5) is 0. The highest BCUT2D eigenvalue weighted by molar-refractivity contribution is 7.92. The first-order valence-corrected chi connectivity index (χ1v) is 8.02. The lowest BCUT2D eigenvalue weighted by atomic mass is 10.1. The molecule has 0 spiro atoms. The zero-order chi connectivity index (χ0) is 15.6. The fourth-order valence-electron chi connectivity index (χ4n) is 1.46. The molecular weight excluding hydrogens is 283 g/mol. The summed E-state index contributed by atoms with van der Waals surface area (Å²) in [5.41, 5.74) is 0.442. The van der Waals surface area contributed by atoms with Crippen LogP contribution in [0.15, 0.2) is 18.2 Å². The molecule has 0 bridgehead atoms. The van der Waals surface area contributed by atoms with Crippen molar-refractivity contribution in [1.29, 1.82) is 0 Å². The van der Waals surface area contributed by atoms with Crippen molar-refractivity contribution in [2.45, 2.75) is 38.5 Å². The normalized spacial score (nSPS) is 14.1. The van der Waals surface area contributed by atoms with E-state index in [1.165, 1.54) is 19.1 Å². The standard InChI is InChI=1S/C14H21FO4S/c1-10(16)11-5-6-13(12(15)9-11)19-7-8-20(17,18)14(2,3)4/h5-6,9-10,16H,7-8H2,1-4H3/t10-/m0/s1. The average molecular weight is 304 g/mol. The van der Waals surface area contributed by atoms with Crippen molar-refractivity contribution in [1.82, 2.24) is 0 Å². The lowest BCUT2D eigenvalue weighted by molar-refractivity contribution is 0.198. The number of aliphatic hydroxyl groups is 1. The van der Waals surface area contributed by atoms with Crippen LogP contribution in [0.4, 0.5) is 4.39 Å². The molecule has 0 saturated heterocycles. The van der Waals surface area contributed by atoms with Crippen molar-refractivity contribution in [3.05, 3.63) is 29.6 Å². The molecule has 0 unspecified atom stereocenters. The van der Waals surface area contributed by atoms with E-state index in [-0.39, 0.29) is 18.1 Å². The summed E-state index contributed by atoms with van der Waals surface area (Å²) in [7, 11) is -3.29. The van der Waals surface area contributed by atoms with E-state index in [4.69, 9.17) is 4.74 Å². The number of aliphatic hydroxyl groups excluding tert-OH is 1. The molecule has 114 valence electrons. The van der Waals surface area contributed by atoms with E-state index in [9.17, 15) is 17.9 Å². The average Bonchev–Trinajstić information content (AvgIpc) is 2.29. The first-order chi connectivity index (χ1) is 9.04. The molecule has 0 aliphatic rings. The molecule has 1 rings (SSSR count). The molecule has 0 aromatic heterocycles. The Hall–Kier alpha value is -1.14. The van der Waals surface area contributed by atoms with Gasteiger partial charge in [-0.15, -0.1) is 0 Å². The van der Waals surface area contributed by atoms with Crippen LogP contribution >= 0.6 is 0 Å². The third kappa shape index (κ3) is 4.18. The first-order valence-electron chi connectivity index (χ1n) is 6.37. The molecule has 1 atom stereocenters. The molecule has 0 heterocycles. The number of hydrogen-bond donors (Lipinski definition) is 1. The van der Waals surface area contributed by atoms with Gasteiger partial charge in [0, 0.05) is 0 Å². The van der Waals surface area contributed by atoms with Crippen molar-refractivity contribution < 1.29 is 22.7 Å². The molecule has 0 saturated carbocycles. The third-order valence-corrected chi connectivity index (χ3v) is 5.55. The van der Waals surface area contributed by atoms with E-state index in [1.54, 1.807) is 26.8 Å². The number of rotatable bonds is 5. The first kappa shape index (κ1) is 16.9. The summed E-state index contributed by atoms with van der Waals surface area (Å²) in [5.74, 6) is -0.802. The number of ether oxygens (including phenoxy) is 1. The third-order valence-electron chi connectivity index (χ3n) is 2.98. The highest BCUT2D eigenvalue weighted by Crippen LogP contribution is 2.22. The topological polar surface area (TPSA) is 63.6 Å². The van der Waals surface area contributed by atoms with Gasteiger partial charge in [0.1, 0.15) is 6.61 Å². The summed E-state index contributed by atoms with van der Waals surface area (Å²) < 4.78 is 41.7. The predicted molar refractivity (Wildman–Crippen MR) is 76.1 cm³/mol. The molecule has 0 amide bonds. The maximum atomic E-state index is 13.7. The summed E-state index contributed by atoms with van der Waals surface area (Å²) in [6.45, 7) is 6.26. The van der Waals surface area contributed by atoms with Crippen LogP contribution in [0.5, 0.6) is 5.75 Å².